The van der Waals surface area contributed by atoms with Crippen molar-refractivity contribution in [3.63, 3.8) is 0 Å². The molecule has 2 atom stereocenters. The topological polar surface area (TPSA) is 31.4 Å². The molecule has 0 aliphatic heterocycles. The molecular weight excluding hydrogens is 262 g/mol. The van der Waals surface area contributed by atoms with Gasteiger partial charge in [0.2, 0.25) is 5.88 Å². The third-order valence-electron chi connectivity index (χ3n) is 4.16. The number of hydrogen-bond acceptors (Lipinski definition) is 3. The van der Waals surface area contributed by atoms with Gasteiger partial charge in [-0.3, -0.25) is 0 Å². The van der Waals surface area contributed by atoms with Crippen molar-refractivity contribution in [2.24, 2.45) is 11.3 Å². The molecule has 3 rings (SSSR count). The molecule has 0 bridgehead atoms. The average molecular weight is 283 g/mol. The maximum Gasteiger partial charge on any atom is 0.213 e. The smallest absolute Gasteiger partial charge is 0.213 e. The normalized spacial score (nSPS) is 23.8. The Labute approximate surface area is 125 Å². The van der Waals surface area contributed by atoms with Gasteiger partial charge in [-0.15, -0.1) is 0 Å². The molecule has 1 aromatic carbocycles. The minimum absolute atomic E-state index is 0.230. The molecule has 2 aromatic rings. The molecule has 2 unspecified atom stereocenters. The molecule has 3 heteroatoms. The first-order chi connectivity index (χ1) is 10.3. The molecule has 1 fully saturated rings. The molecule has 1 heterocycles. The summed E-state index contributed by atoms with van der Waals surface area (Å²) in [6.45, 7) is 4.46. The zero-order chi connectivity index (χ0) is 14.5. The lowest BCUT2D eigenvalue weighted by Crippen LogP contribution is -2.14. The van der Waals surface area contributed by atoms with Crippen LogP contribution in [-0.4, -0.2) is 18.2 Å². The van der Waals surface area contributed by atoms with Crippen LogP contribution in [0.2, 0.25) is 0 Å². The van der Waals surface area contributed by atoms with Crippen LogP contribution < -0.4 is 4.74 Å². The van der Waals surface area contributed by atoms with Gasteiger partial charge < -0.3 is 9.47 Å². The number of pyridine rings is 1. The lowest BCUT2D eigenvalue weighted by molar-refractivity contribution is 0.0954. The van der Waals surface area contributed by atoms with Crippen molar-refractivity contribution in [1.29, 1.82) is 0 Å². The summed E-state index contributed by atoms with van der Waals surface area (Å²) in [5.74, 6) is 1.29. The summed E-state index contributed by atoms with van der Waals surface area (Å²) in [6.07, 6.45) is 2.92. The molecule has 3 nitrogen and oxygen atoms in total. The summed E-state index contributed by atoms with van der Waals surface area (Å²) in [5, 5.41) is 0. The second-order valence-electron chi connectivity index (χ2n) is 6.01. The van der Waals surface area contributed by atoms with Crippen molar-refractivity contribution >= 4 is 0 Å². The molecule has 0 spiro atoms. The van der Waals surface area contributed by atoms with Crippen molar-refractivity contribution in [2.75, 3.05) is 13.2 Å². The number of benzene rings is 1. The zero-order valence-electron chi connectivity index (χ0n) is 12.4. The van der Waals surface area contributed by atoms with E-state index in [2.05, 4.69) is 24.0 Å². The third-order valence-corrected chi connectivity index (χ3v) is 4.16. The largest absolute Gasteiger partial charge is 0.477 e. The summed E-state index contributed by atoms with van der Waals surface area (Å²) in [4.78, 5) is 4.18. The Morgan fingerprint density at radius 3 is 2.71 bits per heavy atom. The minimum atomic E-state index is 0.230. The van der Waals surface area contributed by atoms with Gasteiger partial charge >= 0.3 is 0 Å². The molecular formula is C18H21NO2. The molecule has 1 aromatic heterocycles. The van der Waals surface area contributed by atoms with Crippen molar-refractivity contribution in [1.82, 2.24) is 4.98 Å². The second kappa shape index (κ2) is 6.27. The van der Waals surface area contributed by atoms with Gasteiger partial charge in [-0.2, -0.15) is 0 Å². The van der Waals surface area contributed by atoms with Crippen molar-refractivity contribution in [2.45, 2.75) is 20.0 Å². The first kappa shape index (κ1) is 14.1. The van der Waals surface area contributed by atoms with Crippen LogP contribution in [0.25, 0.3) is 0 Å². The van der Waals surface area contributed by atoms with E-state index in [-0.39, 0.29) is 5.41 Å². The summed E-state index contributed by atoms with van der Waals surface area (Å²) in [6, 6.07) is 16.0. The number of rotatable bonds is 7. The predicted molar refractivity (Wildman–Crippen MR) is 82.0 cm³/mol. The standard InChI is InChI=1S/C18H21NO2/c1-18(14-21-17-9-5-6-10-19-17)11-16(18)13-20-12-15-7-3-2-4-8-15/h2-10,16H,11-14H2,1H3. The number of hydrogen-bond donors (Lipinski definition) is 0. The Balaban J connectivity index is 1.39. The highest BCUT2D eigenvalue weighted by atomic mass is 16.5. The molecule has 1 saturated carbocycles. The summed E-state index contributed by atoms with van der Waals surface area (Å²) < 4.78 is 11.6. The van der Waals surface area contributed by atoms with Crippen molar-refractivity contribution in [3.05, 3.63) is 60.3 Å². The summed E-state index contributed by atoms with van der Waals surface area (Å²) >= 11 is 0. The van der Waals surface area contributed by atoms with E-state index in [1.807, 2.05) is 36.4 Å². The van der Waals surface area contributed by atoms with Crippen LogP contribution in [0, 0.1) is 11.3 Å². The fourth-order valence-corrected chi connectivity index (χ4v) is 2.51. The maximum atomic E-state index is 5.82. The summed E-state index contributed by atoms with van der Waals surface area (Å²) in [7, 11) is 0. The van der Waals surface area contributed by atoms with E-state index in [9.17, 15) is 0 Å². The molecule has 1 aliphatic carbocycles. The highest BCUT2D eigenvalue weighted by molar-refractivity contribution is 5.13. The zero-order valence-corrected chi connectivity index (χ0v) is 12.4. The van der Waals surface area contributed by atoms with E-state index in [0.717, 1.165) is 13.0 Å². The molecule has 0 amide bonds. The third kappa shape index (κ3) is 3.82. The average Bonchev–Trinajstić information content (AvgIpc) is 3.18. The highest BCUT2D eigenvalue weighted by Gasteiger charge is 2.50. The Hall–Kier alpha value is -1.87. The van der Waals surface area contributed by atoms with E-state index < -0.39 is 0 Å². The number of aromatic nitrogens is 1. The van der Waals surface area contributed by atoms with Crippen LogP contribution >= 0.6 is 0 Å². The van der Waals surface area contributed by atoms with Gasteiger partial charge in [0.05, 0.1) is 19.8 Å². The van der Waals surface area contributed by atoms with Gasteiger partial charge in [-0.25, -0.2) is 4.98 Å². The fraction of sp³-hybridized carbons (Fsp3) is 0.389. The monoisotopic (exact) mass is 283 g/mol. The number of ether oxygens (including phenoxy) is 2. The van der Waals surface area contributed by atoms with E-state index in [1.54, 1.807) is 6.20 Å². The molecule has 110 valence electrons. The Morgan fingerprint density at radius 2 is 1.95 bits per heavy atom. The van der Waals surface area contributed by atoms with Gasteiger partial charge in [-0.05, 0) is 24.0 Å². The van der Waals surface area contributed by atoms with Crippen LogP contribution in [0.1, 0.15) is 18.9 Å². The molecule has 21 heavy (non-hydrogen) atoms. The second-order valence-corrected chi connectivity index (χ2v) is 6.01. The van der Waals surface area contributed by atoms with Gasteiger partial charge in [0, 0.05) is 17.7 Å². The SMILES string of the molecule is CC1(COc2ccccn2)CC1COCc1ccccc1. The van der Waals surface area contributed by atoms with Gasteiger partial charge in [0.15, 0.2) is 0 Å². The summed E-state index contributed by atoms with van der Waals surface area (Å²) in [5.41, 5.74) is 1.46. The minimum Gasteiger partial charge on any atom is -0.477 e. The van der Waals surface area contributed by atoms with Crippen LogP contribution in [0.4, 0.5) is 0 Å². The fourth-order valence-electron chi connectivity index (χ4n) is 2.51. The Morgan fingerprint density at radius 1 is 1.14 bits per heavy atom. The van der Waals surface area contributed by atoms with Crippen LogP contribution in [0.3, 0.4) is 0 Å². The van der Waals surface area contributed by atoms with Gasteiger partial charge in [-0.1, -0.05) is 43.3 Å². The molecule has 0 saturated heterocycles. The highest BCUT2D eigenvalue weighted by Crippen LogP contribution is 2.52. The van der Waals surface area contributed by atoms with Crippen molar-refractivity contribution < 1.29 is 9.47 Å². The van der Waals surface area contributed by atoms with Crippen LogP contribution in [-0.2, 0) is 11.3 Å². The lowest BCUT2D eigenvalue weighted by atomic mass is 10.1. The Kier molecular flexibility index (Phi) is 4.20. The van der Waals surface area contributed by atoms with Gasteiger partial charge in [0.25, 0.3) is 0 Å². The van der Waals surface area contributed by atoms with Crippen molar-refractivity contribution in [3.8, 4) is 5.88 Å². The van der Waals surface area contributed by atoms with Gasteiger partial charge in [0.1, 0.15) is 0 Å². The molecule has 0 radical (unpaired) electrons. The van der Waals surface area contributed by atoms with Crippen LogP contribution in [0.5, 0.6) is 5.88 Å². The lowest BCUT2D eigenvalue weighted by Gasteiger charge is -2.12. The molecule has 0 N–H and O–H groups in total. The van der Waals surface area contributed by atoms with E-state index in [0.29, 0.717) is 25.0 Å². The quantitative estimate of drug-likeness (QED) is 0.776. The van der Waals surface area contributed by atoms with E-state index in [1.165, 1.54) is 5.56 Å². The Bertz CT molecular complexity index is 558. The van der Waals surface area contributed by atoms with E-state index >= 15 is 0 Å². The first-order valence-corrected chi connectivity index (χ1v) is 7.42. The van der Waals surface area contributed by atoms with Crippen LogP contribution in [0.15, 0.2) is 54.7 Å². The maximum absolute atomic E-state index is 5.82. The van der Waals surface area contributed by atoms with E-state index in [4.69, 9.17) is 9.47 Å². The first-order valence-electron chi connectivity index (χ1n) is 7.42. The number of nitrogens with zero attached hydrogens (tertiary/aromatic N) is 1. The molecule has 1 aliphatic rings. The predicted octanol–water partition coefficient (Wildman–Crippen LogP) is 3.70.